The van der Waals surface area contributed by atoms with Gasteiger partial charge in [0.1, 0.15) is 18.1 Å². The molecule has 2 bridgehead atoms. The Hall–Kier alpha value is -2.82. The van der Waals surface area contributed by atoms with Crippen molar-refractivity contribution < 1.29 is 31.4 Å². The highest BCUT2D eigenvalue weighted by molar-refractivity contribution is 7.88. The molecule has 0 N–H and O–H groups in total. The van der Waals surface area contributed by atoms with Gasteiger partial charge in [0.2, 0.25) is 10.0 Å². The molecule has 0 aliphatic carbocycles. The quantitative estimate of drug-likeness (QED) is 0.398. The minimum atomic E-state index is -3.41. The summed E-state index contributed by atoms with van der Waals surface area (Å²) in [5.41, 5.74) is 1.54. The molecule has 2 aromatic carbocycles. The Labute approximate surface area is 222 Å². The molecular weight excluding hydrogens is 518 g/mol. The number of alkyl halides is 2. The first-order chi connectivity index (χ1) is 18.2. The number of sulfonamides is 1. The van der Waals surface area contributed by atoms with Crippen LogP contribution in [0.15, 0.2) is 48.5 Å². The van der Waals surface area contributed by atoms with E-state index in [0.29, 0.717) is 44.0 Å². The Bertz CT molecular complexity index is 1180. The van der Waals surface area contributed by atoms with Gasteiger partial charge in [0.05, 0.1) is 30.1 Å². The molecule has 2 aliphatic heterocycles. The van der Waals surface area contributed by atoms with Gasteiger partial charge < -0.3 is 14.2 Å². The molecule has 2 saturated heterocycles. The first-order valence-electron chi connectivity index (χ1n) is 12.4. The molecule has 0 radical (unpaired) electrons. The standard InChI is InChI=1S/C26H32F2N4O5S/c1-38(33,34)32(12-13-35-22-6-2-20(14-29)3-7-22)11-10-30-16-24-18-31(19-25(17-30)36-24)15-21-4-8-23(9-5-21)37-26(27)28/h2-9,24-26H,10-13,15-19H2,1H3. The van der Waals surface area contributed by atoms with Crippen LogP contribution in [0.3, 0.4) is 0 Å². The summed E-state index contributed by atoms with van der Waals surface area (Å²) < 4.78 is 67.1. The monoisotopic (exact) mass is 550 g/mol. The maximum Gasteiger partial charge on any atom is 0.387 e. The van der Waals surface area contributed by atoms with E-state index >= 15 is 0 Å². The fraction of sp³-hybridized carbons (Fsp3) is 0.500. The number of halogens is 2. The highest BCUT2D eigenvalue weighted by atomic mass is 32.2. The molecule has 206 valence electrons. The second kappa shape index (κ2) is 12.8. The Morgan fingerprint density at radius 3 is 2.18 bits per heavy atom. The van der Waals surface area contributed by atoms with Crippen molar-refractivity contribution in [3.63, 3.8) is 0 Å². The van der Waals surface area contributed by atoms with Crippen LogP contribution in [0.1, 0.15) is 11.1 Å². The number of rotatable bonds is 12. The number of nitriles is 1. The van der Waals surface area contributed by atoms with Crippen LogP contribution in [-0.4, -0.2) is 100 Å². The third kappa shape index (κ3) is 8.34. The van der Waals surface area contributed by atoms with Gasteiger partial charge >= 0.3 is 6.61 Å². The van der Waals surface area contributed by atoms with Crippen LogP contribution in [0.4, 0.5) is 8.78 Å². The summed E-state index contributed by atoms with van der Waals surface area (Å²) >= 11 is 0. The van der Waals surface area contributed by atoms with Crippen molar-refractivity contribution in [1.29, 1.82) is 5.26 Å². The van der Waals surface area contributed by atoms with E-state index in [1.807, 2.05) is 6.07 Å². The first-order valence-corrected chi connectivity index (χ1v) is 14.2. The molecule has 0 aromatic heterocycles. The maximum absolute atomic E-state index is 12.4. The average molecular weight is 551 g/mol. The van der Waals surface area contributed by atoms with E-state index in [4.69, 9.17) is 14.7 Å². The second-order valence-corrected chi connectivity index (χ2v) is 11.5. The van der Waals surface area contributed by atoms with Gasteiger partial charge in [0.15, 0.2) is 0 Å². The molecule has 2 atom stereocenters. The van der Waals surface area contributed by atoms with Crippen molar-refractivity contribution >= 4 is 10.0 Å². The molecule has 2 heterocycles. The fourth-order valence-corrected chi connectivity index (χ4v) is 5.61. The van der Waals surface area contributed by atoms with Crippen molar-refractivity contribution in [3.05, 3.63) is 59.7 Å². The summed E-state index contributed by atoms with van der Waals surface area (Å²) in [6.45, 7) is 2.09. The van der Waals surface area contributed by atoms with Gasteiger partial charge in [-0.3, -0.25) is 9.80 Å². The number of ether oxygens (including phenoxy) is 3. The number of benzene rings is 2. The molecule has 9 nitrogen and oxygen atoms in total. The summed E-state index contributed by atoms with van der Waals surface area (Å²) in [4.78, 5) is 4.54. The van der Waals surface area contributed by atoms with Crippen LogP contribution in [0.5, 0.6) is 11.5 Å². The maximum atomic E-state index is 12.4. The zero-order chi connectivity index (χ0) is 27.1. The molecule has 38 heavy (non-hydrogen) atoms. The number of morpholine rings is 2. The predicted molar refractivity (Wildman–Crippen MR) is 137 cm³/mol. The van der Waals surface area contributed by atoms with Crippen LogP contribution in [-0.2, 0) is 21.3 Å². The number of hydrogen-bond acceptors (Lipinski definition) is 8. The molecule has 2 unspecified atom stereocenters. The van der Waals surface area contributed by atoms with Gasteiger partial charge in [-0.2, -0.15) is 18.3 Å². The molecule has 0 amide bonds. The van der Waals surface area contributed by atoms with Gasteiger partial charge in [0.25, 0.3) is 0 Å². The van der Waals surface area contributed by atoms with Crippen LogP contribution >= 0.6 is 0 Å². The lowest BCUT2D eigenvalue weighted by atomic mass is 10.1. The topological polar surface area (TPSA) is 95.3 Å². The molecule has 2 aliphatic rings. The summed E-state index contributed by atoms with van der Waals surface area (Å²) in [7, 11) is -3.41. The highest BCUT2D eigenvalue weighted by Gasteiger charge is 2.35. The third-order valence-corrected chi connectivity index (χ3v) is 7.82. The molecular formula is C26H32F2N4O5S. The molecule has 2 fully saturated rings. The Balaban J connectivity index is 1.23. The summed E-state index contributed by atoms with van der Waals surface area (Å²) in [5.74, 6) is 0.725. The number of nitrogens with zero attached hydrogens (tertiary/aromatic N) is 4. The lowest BCUT2D eigenvalue weighted by Crippen LogP contribution is -2.60. The van der Waals surface area contributed by atoms with Crippen molar-refractivity contribution in [2.45, 2.75) is 25.4 Å². The van der Waals surface area contributed by atoms with Gasteiger partial charge in [-0.05, 0) is 42.0 Å². The summed E-state index contributed by atoms with van der Waals surface area (Å²) in [6.07, 6.45) is 1.22. The van der Waals surface area contributed by atoms with Crippen LogP contribution < -0.4 is 9.47 Å². The van der Waals surface area contributed by atoms with Crippen LogP contribution in [0.2, 0.25) is 0 Å². The minimum absolute atomic E-state index is 0.00957. The van der Waals surface area contributed by atoms with Crippen molar-refractivity contribution in [2.24, 2.45) is 0 Å². The largest absolute Gasteiger partial charge is 0.492 e. The Morgan fingerprint density at radius 1 is 1.00 bits per heavy atom. The van der Waals surface area contributed by atoms with E-state index in [2.05, 4.69) is 14.5 Å². The lowest BCUT2D eigenvalue weighted by Gasteiger charge is -2.46. The minimum Gasteiger partial charge on any atom is -0.492 e. The molecule has 4 rings (SSSR count). The Kier molecular flexibility index (Phi) is 9.51. The molecule has 2 aromatic rings. The lowest BCUT2D eigenvalue weighted by molar-refractivity contribution is -0.140. The average Bonchev–Trinajstić information content (AvgIpc) is 2.86. The molecule has 0 saturated carbocycles. The van der Waals surface area contributed by atoms with Crippen molar-refractivity contribution in [3.8, 4) is 17.6 Å². The normalized spacial score (nSPS) is 20.4. The number of fused-ring (bicyclic) bond motifs is 2. The first kappa shape index (κ1) is 28.2. The molecule has 12 heteroatoms. The zero-order valence-electron chi connectivity index (χ0n) is 21.2. The molecule has 0 spiro atoms. The number of hydrogen-bond donors (Lipinski definition) is 0. The highest BCUT2D eigenvalue weighted by Crippen LogP contribution is 2.22. The summed E-state index contributed by atoms with van der Waals surface area (Å²) in [6, 6.07) is 15.4. The fourth-order valence-electron chi connectivity index (χ4n) is 4.79. The van der Waals surface area contributed by atoms with Gasteiger partial charge in [-0.15, -0.1) is 0 Å². The van der Waals surface area contributed by atoms with E-state index < -0.39 is 16.6 Å². The van der Waals surface area contributed by atoms with Gasteiger partial charge in [0, 0.05) is 52.4 Å². The van der Waals surface area contributed by atoms with E-state index in [-0.39, 0.29) is 31.1 Å². The SMILES string of the molecule is CS(=O)(=O)N(CCOc1ccc(C#N)cc1)CCN1CC2CN(Cc3ccc(OC(F)F)cc3)CC(C1)O2. The Morgan fingerprint density at radius 2 is 1.61 bits per heavy atom. The van der Waals surface area contributed by atoms with Crippen molar-refractivity contribution in [1.82, 2.24) is 14.1 Å². The smallest absolute Gasteiger partial charge is 0.387 e. The third-order valence-electron chi connectivity index (χ3n) is 6.51. The van der Waals surface area contributed by atoms with E-state index in [9.17, 15) is 17.2 Å². The van der Waals surface area contributed by atoms with E-state index in [0.717, 1.165) is 18.7 Å². The van der Waals surface area contributed by atoms with Gasteiger partial charge in [-0.25, -0.2) is 8.42 Å². The van der Waals surface area contributed by atoms with Gasteiger partial charge in [-0.1, -0.05) is 12.1 Å². The predicted octanol–water partition coefficient (Wildman–Crippen LogP) is 2.39. The van der Waals surface area contributed by atoms with E-state index in [1.54, 1.807) is 48.5 Å². The zero-order valence-corrected chi connectivity index (χ0v) is 22.0. The second-order valence-electron chi connectivity index (χ2n) is 9.50. The van der Waals surface area contributed by atoms with Crippen LogP contribution in [0.25, 0.3) is 0 Å². The van der Waals surface area contributed by atoms with Crippen LogP contribution in [0, 0.1) is 11.3 Å². The van der Waals surface area contributed by atoms with E-state index in [1.165, 1.54) is 10.6 Å². The summed E-state index contributed by atoms with van der Waals surface area (Å²) in [5, 5.41) is 8.89. The van der Waals surface area contributed by atoms with Crippen molar-refractivity contribution in [2.75, 3.05) is 58.7 Å².